The van der Waals surface area contributed by atoms with E-state index in [1.165, 1.54) is 0 Å². The molecular formula is C26H21F5N8. The SMILES string of the molecule is Cc1cnc(Nc2ccnn2C)cc1-c1cc2n(c1)C[C@H](CF)n1c-2nnc1C(F)(F)c1ccc(F)c(F)c1. The van der Waals surface area contributed by atoms with Crippen molar-refractivity contribution in [2.24, 2.45) is 7.05 Å². The van der Waals surface area contributed by atoms with Gasteiger partial charge in [-0.15, -0.1) is 10.2 Å². The molecule has 0 aliphatic carbocycles. The van der Waals surface area contributed by atoms with Gasteiger partial charge in [0.15, 0.2) is 17.5 Å². The first-order chi connectivity index (χ1) is 18.7. The molecule has 0 radical (unpaired) electrons. The number of aromatic nitrogens is 7. The second kappa shape index (κ2) is 9.03. The smallest absolute Gasteiger partial charge is 0.332 e. The largest absolute Gasteiger partial charge is 0.342 e. The Bertz CT molecular complexity index is 1700. The van der Waals surface area contributed by atoms with E-state index in [1.54, 1.807) is 47.0 Å². The molecule has 0 fully saturated rings. The summed E-state index contributed by atoms with van der Waals surface area (Å²) < 4.78 is 76.8. The number of benzene rings is 1. The van der Waals surface area contributed by atoms with Crippen LogP contribution in [-0.4, -0.2) is 40.8 Å². The summed E-state index contributed by atoms with van der Waals surface area (Å²) in [6.45, 7) is 0.966. The van der Waals surface area contributed by atoms with E-state index >= 15 is 8.78 Å². The van der Waals surface area contributed by atoms with Crippen molar-refractivity contribution < 1.29 is 22.0 Å². The Morgan fingerprint density at radius 1 is 1.08 bits per heavy atom. The van der Waals surface area contributed by atoms with Crippen molar-refractivity contribution in [3.63, 3.8) is 0 Å². The van der Waals surface area contributed by atoms with Crippen LogP contribution >= 0.6 is 0 Å². The van der Waals surface area contributed by atoms with Crippen LogP contribution in [0.15, 0.2) is 55.0 Å². The van der Waals surface area contributed by atoms with Gasteiger partial charge in [-0.3, -0.25) is 9.25 Å². The molecule has 1 aliphatic heterocycles. The Labute approximate surface area is 218 Å². The maximum Gasteiger partial charge on any atom is 0.332 e. The van der Waals surface area contributed by atoms with Gasteiger partial charge in [0.25, 0.3) is 0 Å². The normalized spacial score (nSPS) is 14.8. The minimum Gasteiger partial charge on any atom is -0.342 e. The third kappa shape index (κ3) is 4.04. The van der Waals surface area contributed by atoms with Crippen LogP contribution in [0.4, 0.5) is 33.6 Å². The molecule has 1 aliphatic rings. The second-order valence-corrected chi connectivity index (χ2v) is 9.34. The van der Waals surface area contributed by atoms with E-state index in [4.69, 9.17) is 0 Å². The van der Waals surface area contributed by atoms with Crippen LogP contribution in [0.1, 0.15) is 23.0 Å². The number of hydrogen-bond acceptors (Lipinski definition) is 5. The van der Waals surface area contributed by atoms with Gasteiger partial charge in [-0.05, 0) is 48.4 Å². The Hall–Kier alpha value is -4.55. The molecule has 6 rings (SSSR count). The number of aryl methyl sites for hydroxylation is 2. The molecule has 4 aromatic heterocycles. The number of hydrogen-bond donors (Lipinski definition) is 1. The average Bonchev–Trinajstić information content (AvgIpc) is 3.64. The van der Waals surface area contributed by atoms with Gasteiger partial charge in [-0.1, -0.05) is 0 Å². The number of alkyl halides is 3. The molecule has 1 N–H and O–H groups in total. The lowest BCUT2D eigenvalue weighted by molar-refractivity contribution is 0.0253. The van der Waals surface area contributed by atoms with Crippen molar-refractivity contribution in [1.82, 2.24) is 34.1 Å². The Balaban J connectivity index is 1.41. The molecule has 0 spiro atoms. The first kappa shape index (κ1) is 24.8. The zero-order valence-corrected chi connectivity index (χ0v) is 20.7. The summed E-state index contributed by atoms with van der Waals surface area (Å²) in [5.74, 6) is -6.01. The third-order valence-electron chi connectivity index (χ3n) is 6.83. The predicted molar refractivity (Wildman–Crippen MR) is 132 cm³/mol. The van der Waals surface area contributed by atoms with E-state index in [9.17, 15) is 13.2 Å². The quantitative estimate of drug-likeness (QED) is 0.287. The topological polar surface area (TPSA) is 78.4 Å². The van der Waals surface area contributed by atoms with E-state index in [0.29, 0.717) is 23.6 Å². The minimum absolute atomic E-state index is 0.0436. The summed E-state index contributed by atoms with van der Waals surface area (Å²) >= 11 is 0. The van der Waals surface area contributed by atoms with E-state index in [-0.39, 0.29) is 12.4 Å². The third-order valence-corrected chi connectivity index (χ3v) is 6.83. The van der Waals surface area contributed by atoms with E-state index in [1.807, 2.05) is 13.0 Å². The van der Waals surface area contributed by atoms with E-state index in [2.05, 4.69) is 25.6 Å². The fraction of sp³-hybridized carbons (Fsp3) is 0.231. The van der Waals surface area contributed by atoms with Crippen LogP contribution in [0.25, 0.3) is 22.6 Å². The zero-order chi connectivity index (χ0) is 27.5. The maximum atomic E-state index is 15.5. The monoisotopic (exact) mass is 540 g/mol. The number of pyridine rings is 1. The summed E-state index contributed by atoms with van der Waals surface area (Å²) in [5, 5.41) is 15.0. The molecule has 0 bridgehead atoms. The molecule has 0 unspecified atom stereocenters. The van der Waals surface area contributed by atoms with Gasteiger partial charge >= 0.3 is 5.92 Å². The van der Waals surface area contributed by atoms with Crippen molar-refractivity contribution in [3.05, 3.63) is 83.6 Å². The highest BCUT2D eigenvalue weighted by Gasteiger charge is 2.44. The molecule has 8 nitrogen and oxygen atoms in total. The lowest BCUT2D eigenvalue weighted by Crippen LogP contribution is -2.30. The number of nitrogens with zero attached hydrogens (tertiary/aromatic N) is 7. The number of rotatable bonds is 6. The molecule has 1 atom stereocenters. The van der Waals surface area contributed by atoms with Crippen molar-refractivity contribution in [1.29, 1.82) is 0 Å². The van der Waals surface area contributed by atoms with Crippen LogP contribution in [0.2, 0.25) is 0 Å². The highest BCUT2D eigenvalue weighted by atomic mass is 19.3. The highest BCUT2D eigenvalue weighted by molar-refractivity contribution is 5.75. The van der Waals surface area contributed by atoms with Crippen LogP contribution < -0.4 is 5.32 Å². The molecule has 1 aromatic carbocycles. The van der Waals surface area contributed by atoms with Gasteiger partial charge in [0, 0.05) is 43.2 Å². The summed E-state index contributed by atoms with van der Waals surface area (Å²) in [4.78, 5) is 4.43. The van der Waals surface area contributed by atoms with Crippen molar-refractivity contribution >= 4 is 11.6 Å². The molecule has 0 saturated carbocycles. The summed E-state index contributed by atoms with van der Waals surface area (Å²) in [6.07, 6.45) is 5.17. The molecule has 200 valence electrons. The lowest BCUT2D eigenvalue weighted by atomic mass is 10.0. The van der Waals surface area contributed by atoms with Gasteiger partial charge in [0.2, 0.25) is 5.82 Å². The molecule has 5 aromatic rings. The van der Waals surface area contributed by atoms with Crippen LogP contribution in [0.5, 0.6) is 0 Å². The summed E-state index contributed by atoms with van der Waals surface area (Å²) in [5.41, 5.74) is 2.10. The number of fused-ring (bicyclic) bond motifs is 3. The fourth-order valence-electron chi connectivity index (χ4n) is 4.80. The maximum absolute atomic E-state index is 15.5. The lowest BCUT2D eigenvalue weighted by Gasteiger charge is -2.28. The number of halogens is 5. The molecule has 0 amide bonds. The van der Waals surface area contributed by atoms with Gasteiger partial charge in [-0.2, -0.15) is 13.9 Å². The van der Waals surface area contributed by atoms with Gasteiger partial charge in [0.05, 0.1) is 17.9 Å². The van der Waals surface area contributed by atoms with Gasteiger partial charge in [-0.25, -0.2) is 18.2 Å². The van der Waals surface area contributed by atoms with E-state index < -0.39 is 41.7 Å². The molecular weight excluding hydrogens is 519 g/mol. The highest BCUT2D eigenvalue weighted by Crippen LogP contribution is 2.42. The van der Waals surface area contributed by atoms with Crippen LogP contribution in [-0.2, 0) is 19.5 Å². The standard InChI is InChI=1S/C26H21F5N8/c1-14-11-32-22(34-23-5-6-33-37(23)2)9-18(14)15-7-21-24-35-36-25(39(24)17(10-27)13-38(21)12-15)26(30,31)16-3-4-19(28)20(29)8-16/h3-9,11-12,17H,10,13H2,1-2H3,(H,32,34)/t17-/m0/s1. The number of nitrogens with one attached hydrogen (secondary N) is 1. The number of anilines is 2. The van der Waals surface area contributed by atoms with E-state index in [0.717, 1.165) is 33.1 Å². The van der Waals surface area contributed by atoms with Crippen molar-refractivity contribution in [2.75, 3.05) is 12.0 Å². The molecule has 5 heterocycles. The first-order valence-electron chi connectivity index (χ1n) is 11.9. The van der Waals surface area contributed by atoms with Crippen molar-refractivity contribution in [3.8, 4) is 22.6 Å². The summed E-state index contributed by atoms with van der Waals surface area (Å²) in [7, 11) is 1.79. The van der Waals surface area contributed by atoms with Crippen LogP contribution in [0.3, 0.4) is 0 Å². The molecule has 39 heavy (non-hydrogen) atoms. The van der Waals surface area contributed by atoms with Gasteiger partial charge in [0.1, 0.15) is 18.3 Å². The second-order valence-electron chi connectivity index (χ2n) is 9.34. The van der Waals surface area contributed by atoms with Crippen molar-refractivity contribution in [2.45, 2.75) is 25.4 Å². The van der Waals surface area contributed by atoms with Crippen LogP contribution in [0, 0.1) is 18.6 Å². The Morgan fingerprint density at radius 3 is 2.62 bits per heavy atom. The predicted octanol–water partition coefficient (Wildman–Crippen LogP) is 5.54. The minimum atomic E-state index is -3.85. The molecule has 0 saturated heterocycles. The Morgan fingerprint density at radius 2 is 1.90 bits per heavy atom. The van der Waals surface area contributed by atoms with Gasteiger partial charge < -0.3 is 9.88 Å². The summed E-state index contributed by atoms with van der Waals surface area (Å²) in [6, 6.07) is 6.19. The zero-order valence-electron chi connectivity index (χ0n) is 20.7. The molecule has 13 heteroatoms. The first-order valence-corrected chi connectivity index (χ1v) is 11.9. The Kier molecular flexibility index (Phi) is 5.74. The average molecular weight is 541 g/mol. The fourth-order valence-corrected chi connectivity index (χ4v) is 4.80.